The summed E-state index contributed by atoms with van der Waals surface area (Å²) in [6.07, 6.45) is 0.759. The van der Waals surface area contributed by atoms with E-state index in [0.29, 0.717) is 5.69 Å². The van der Waals surface area contributed by atoms with Gasteiger partial charge in [-0.1, -0.05) is 20.3 Å². The predicted octanol–water partition coefficient (Wildman–Crippen LogP) is 2.31. The molecule has 6 heteroatoms. The topological polar surface area (TPSA) is 78.4 Å². The lowest BCUT2D eigenvalue weighted by atomic mass is 9.88. The summed E-state index contributed by atoms with van der Waals surface area (Å²) in [4.78, 5) is 23.1. The normalized spacial score (nSPS) is 14.8. The molecule has 0 saturated heterocycles. The van der Waals surface area contributed by atoms with E-state index in [4.69, 9.17) is 0 Å². The number of anilines is 1. The van der Waals surface area contributed by atoms with Crippen LogP contribution in [0.5, 0.6) is 0 Å². The van der Waals surface area contributed by atoms with Crippen LogP contribution in [-0.4, -0.2) is 29.1 Å². The van der Waals surface area contributed by atoms with Gasteiger partial charge in [-0.15, -0.1) is 0 Å². The standard InChI is InChI=1S/C16H23FN2O3/c1-5-10(2)16(4,22)9-18-15(21)13-8-12(19-11(3)20)6-7-14(13)17/h6-8,10,22H,5,9H2,1-4H3,(H,18,21)(H,19,20). The first-order chi connectivity index (χ1) is 10.2. The van der Waals surface area contributed by atoms with Crippen LogP contribution >= 0.6 is 0 Å². The Morgan fingerprint density at radius 2 is 2.05 bits per heavy atom. The minimum Gasteiger partial charge on any atom is -0.388 e. The van der Waals surface area contributed by atoms with E-state index in [1.165, 1.54) is 19.1 Å². The fourth-order valence-electron chi connectivity index (χ4n) is 1.95. The number of aliphatic hydroxyl groups is 1. The van der Waals surface area contributed by atoms with Crippen molar-refractivity contribution in [1.82, 2.24) is 5.32 Å². The maximum atomic E-state index is 13.8. The maximum absolute atomic E-state index is 13.8. The van der Waals surface area contributed by atoms with Gasteiger partial charge in [-0.3, -0.25) is 9.59 Å². The molecule has 0 aliphatic rings. The molecule has 0 saturated carbocycles. The molecule has 3 N–H and O–H groups in total. The molecule has 0 fully saturated rings. The van der Waals surface area contributed by atoms with Gasteiger partial charge < -0.3 is 15.7 Å². The molecule has 2 unspecified atom stereocenters. The average molecular weight is 310 g/mol. The molecular formula is C16H23FN2O3. The molecule has 0 spiro atoms. The number of benzene rings is 1. The van der Waals surface area contributed by atoms with Crippen LogP contribution in [0.15, 0.2) is 18.2 Å². The summed E-state index contributed by atoms with van der Waals surface area (Å²) in [5, 5.41) is 15.3. The van der Waals surface area contributed by atoms with E-state index in [0.717, 1.165) is 12.5 Å². The Bertz CT molecular complexity index is 558. The number of carbonyl (C=O) groups excluding carboxylic acids is 2. The number of nitrogens with one attached hydrogen (secondary N) is 2. The highest BCUT2D eigenvalue weighted by atomic mass is 19.1. The number of amides is 2. The minimum absolute atomic E-state index is 0.0108. The number of rotatable bonds is 6. The van der Waals surface area contributed by atoms with Gasteiger partial charge in [0.15, 0.2) is 0 Å². The van der Waals surface area contributed by atoms with Gasteiger partial charge >= 0.3 is 0 Å². The highest BCUT2D eigenvalue weighted by molar-refractivity contribution is 5.97. The third-order valence-corrected chi connectivity index (χ3v) is 3.81. The van der Waals surface area contributed by atoms with Crippen molar-refractivity contribution in [2.24, 2.45) is 5.92 Å². The van der Waals surface area contributed by atoms with Gasteiger partial charge in [-0.2, -0.15) is 0 Å². The van der Waals surface area contributed by atoms with Gasteiger partial charge in [-0.25, -0.2) is 4.39 Å². The van der Waals surface area contributed by atoms with E-state index in [1.54, 1.807) is 6.92 Å². The summed E-state index contributed by atoms with van der Waals surface area (Å²) in [6, 6.07) is 3.76. The van der Waals surface area contributed by atoms with E-state index in [-0.39, 0.29) is 23.9 Å². The number of carbonyl (C=O) groups is 2. The molecule has 0 bridgehead atoms. The highest BCUT2D eigenvalue weighted by Gasteiger charge is 2.28. The lowest BCUT2D eigenvalue weighted by molar-refractivity contribution is -0.114. The molecule has 0 aromatic heterocycles. The molecule has 5 nitrogen and oxygen atoms in total. The molecule has 2 amide bonds. The summed E-state index contributed by atoms with van der Waals surface area (Å²) in [5.74, 6) is -1.64. The van der Waals surface area contributed by atoms with Crippen molar-refractivity contribution < 1.29 is 19.1 Å². The lowest BCUT2D eigenvalue weighted by Crippen LogP contribution is -2.45. The maximum Gasteiger partial charge on any atom is 0.254 e. The molecule has 0 aliphatic carbocycles. The quantitative estimate of drug-likeness (QED) is 0.754. The third kappa shape index (κ3) is 4.80. The van der Waals surface area contributed by atoms with Gasteiger partial charge in [0.25, 0.3) is 5.91 Å². The third-order valence-electron chi connectivity index (χ3n) is 3.81. The molecule has 0 radical (unpaired) electrons. The van der Waals surface area contributed by atoms with Crippen LogP contribution in [0.1, 0.15) is 44.5 Å². The Labute approximate surface area is 129 Å². The van der Waals surface area contributed by atoms with Crippen LogP contribution < -0.4 is 10.6 Å². The molecule has 1 aromatic rings. The second kappa shape index (κ2) is 7.35. The summed E-state index contributed by atoms with van der Waals surface area (Å²) in [6.45, 7) is 6.80. The van der Waals surface area contributed by atoms with E-state index in [1.807, 2.05) is 13.8 Å². The number of hydrogen-bond donors (Lipinski definition) is 3. The molecule has 0 aliphatic heterocycles. The van der Waals surface area contributed by atoms with Crippen molar-refractivity contribution >= 4 is 17.5 Å². The number of halogens is 1. The summed E-state index contributed by atoms with van der Waals surface area (Å²) < 4.78 is 13.8. The van der Waals surface area contributed by atoms with Crippen LogP contribution in [0.4, 0.5) is 10.1 Å². The molecule has 1 aromatic carbocycles. The molecule has 2 atom stereocenters. The fourth-order valence-corrected chi connectivity index (χ4v) is 1.95. The van der Waals surface area contributed by atoms with Crippen LogP contribution in [0.25, 0.3) is 0 Å². The zero-order valence-corrected chi connectivity index (χ0v) is 13.4. The zero-order valence-electron chi connectivity index (χ0n) is 13.4. The van der Waals surface area contributed by atoms with Crippen molar-refractivity contribution in [1.29, 1.82) is 0 Å². The summed E-state index contributed by atoms with van der Waals surface area (Å²) >= 11 is 0. The largest absolute Gasteiger partial charge is 0.388 e. The predicted molar refractivity (Wildman–Crippen MR) is 83.1 cm³/mol. The Kier molecular flexibility index (Phi) is 6.05. The smallest absolute Gasteiger partial charge is 0.254 e. The Balaban J connectivity index is 2.83. The van der Waals surface area contributed by atoms with Crippen LogP contribution in [0, 0.1) is 11.7 Å². The monoisotopic (exact) mass is 310 g/mol. The van der Waals surface area contributed by atoms with Crippen molar-refractivity contribution in [3.05, 3.63) is 29.6 Å². The van der Waals surface area contributed by atoms with Gasteiger partial charge in [-0.05, 0) is 31.0 Å². The molecule has 1 rings (SSSR count). The van der Waals surface area contributed by atoms with Crippen LogP contribution in [0.3, 0.4) is 0 Å². The first-order valence-corrected chi connectivity index (χ1v) is 7.25. The zero-order chi connectivity index (χ0) is 16.9. The Hall–Kier alpha value is -1.95. The van der Waals surface area contributed by atoms with Gasteiger partial charge in [0, 0.05) is 19.2 Å². The van der Waals surface area contributed by atoms with E-state index >= 15 is 0 Å². The summed E-state index contributed by atoms with van der Waals surface area (Å²) in [7, 11) is 0. The second-order valence-electron chi connectivity index (χ2n) is 5.72. The first kappa shape index (κ1) is 18.1. The van der Waals surface area contributed by atoms with Crippen molar-refractivity contribution in [3.8, 4) is 0 Å². The molecule has 22 heavy (non-hydrogen) atoms. The average Bonchev–Trinajstić information content (AvgIpc) is 2.45. The van der Waals surface area contributed by atoms with Crippen molar-refractivity contribution in [3.63, 3.8) is 0 Å². The lowest BCUT2D eigenvalue weighted by Gasteiger charge is -2.29. The van der Waals surface area contributed by atoms with Gasteiger partial charge in [0.2, 0.25) is 5.91 Å². The highest BCUT2D eigenvalue weighted by Crippen LogP contribution is 2.20. The number of hydrogen-bond acceptors (Lipinski definition) is 3. The Morgan fingerprint density at radius 1 is 1.41 bits per heavy atom. The fraction of sp³-hybridized carbons (Fsp3) is 0.500. The van der Waals surface area contributed by atoms with Crippen LogP contribution in [0.2, 0.25) is 0 Å². The van der Waals surface area contributed by atoms with E-state index in [2.05, 4.69) is 10.6 Å². The van der Waals surface area contributed by atoms with Crippen molar-refractivity contribution in [2.75, 3.05) is 11.9 Å². The van der Waals surface area contributed by atoms with Crippen LogP contribution in [-0.2, 0) is 4.79 Å². The summed E-state index contributed by atoms with van der Waals surface area (Å²) in [5.41, 5.74) is -0.908. The van der Waals surface area contributed by atoms with Gasteiger partial charge in [0.1, 0.15) is 5.82 Å². The second-order valence-corrected chi connectivity index (χ2v) is 5.72. The molecule has 0 heterocycles. The molecule has 122 valence electrons. The van der Waals surface area contributed by atoms with E-state index < -0.39 is 17.3 Å². The Morgan fingerprint density at radius 3 is 2.59 bits per heavy atom. The van der Waals surface area contributed by atoms with E-state index in [9.17, 15) is 19.1 Å². The van der Waals surface area contributed by atoms with Gasteiger partial charge in [0.05, 0.1) is 11.2 Å². The molecular weight excluding hydrogens is 287 g/mol. The minimum atomic E-state index is -1.07. The SMILES string of the molecule is CCC(C)C(C)(O)CNC(=O)c1cc(NC(C)=O)ccc1F. The van der Waals surface area contributed by atoms with Crippen molar-refractivity contribution in [2.45, 2.75) is 39.7 Å². The first-order valence-electron chi connectivity index (χ1n) is 7.25.